The molecule has 0 atom stereocenters. The maximum atomic E-state index is 12.1. The Bertz CT molecular complexity index is 735. The Morgan fingerprint density at radius 2 is 1.77 bits per heavy atom. The first-order chi connectivity index (χ1) is 10.2. The summed E-state index contributed by atoms with van der Waals surface area (Å²) in [5, 5.41) is 8.64. The predicted octanol–water partition coefficient (Wildman–Crippen LogP) is 2.57. The summed E-state index contributed by atoms with van der Waals surface area (Å²) in [4.78, 5) is 24.8. The van der Waals surface area contributed by atoms with Crippen molar-refractivity contribution in [1.29, 1.82) is 0 Å². The van der Waals surface area contributed by atoms with Crippen LogP contribution in [0.1, 0.15) is 5.69 Å². The van der Waals surface area contributed by atoms with E-state index in [0.717, 1.165) is 12.1 Å². The van der Waals surface area contributed by atoms with Crippen molar-refractivity contribution in [3.63, 3.8) is 0 Å². The van der Waals surface area contributed by atoms with E-state index in [9.17, 15) is 22.8 Å². The van der Waals surface area contributed by atoms with Crippen LogP contribution < -0.4 is 10.3 Å². The van der Waals surface area contributed by atoms with Crippen molar-refractivity contribution < 1.29 is 27.8 Å². The number of aromatic amines is 1. The number of H-pyrrole nitrogens is 1. The number of carboxylic acids is 1. The smallest absolute Gasteiger partial charge is 0.481 e. The number of ether oxygens (including phenoxy) is 1. The molecule has 1 aromatic heterocycles. The van der Waals surface area contributed by atoms with Crippen molar-refractivity contribution in [2.45, 2.75) is 12.8 Å². The van der Waals surface area contributed by atoms with Crippen molar-refractivity contribution in [3.8, 4) is 16.9 Å². The fourth-order valence-electron chi connectivity index (χ4n) is 1.84. The molecule has 1 aromatic carbocycles. The van der Waals surface area contributed by atoms with Gasteiger partial charge in [0.25, 0.3) is 5.56 Å². The van der Waals surface area contributed by atoms with E-state index in [-0.39, 0.29) is 17.7 Å². The van der Waals surface area contributed by atoms with Gasteiger partial charge in [-0.1, -0.05) is 12.1 Å². The van der Waals surface area contributed by atoms with Gasteiger partial charge >= 0.3 is 12.3 Å². The molecule has 0 saturated carbocycles. The third kappa shape index (κ3) is 4.11. The van der Waals surface area contributed by atoms with Crippen molar-refractivity contribution in [1.82, 2.24) is 4.98 Å². The number of aliphatic carboxylic acids is 1. The fourth-order valence-corrected chi connectivity index (χ4v) is 1.84. The summed E-state index contributed by atoms with van der Waals surface area (Å²) in [7, 11) is 0. The van der Waals surface area contributed by atoms with Gasteiger partial charge in [0, 0.05) is 11.3 Å². The molecule has 0 amide bonds. The first-order valence-electron chi connectivity index (χ1n) is 6.05. The first-order valence-corrected chi connectivity index (χ1v) is 6.05. The minimum atomic E-state index is -4.78. The summed E-state index contributed by atoms with van der Waals surface area (Å²) in [5.41, 5.74) is 0.312. The number of rotatable bonds is 4. The fraction of sp³-hybridized carbons (Fsp3) is 0.143. The van der Waals surface area contributed by atoms with Crippen LogP contribution in [0.2, 0.25) is 0 Å². The molecule has 0 bridgehead atoms. The Balaban J connectivity index is 2.25. The summed E-state index contributed by atoms with van der Waals surface area (Å²) in [6.45, 7) is 0. The SMILES string of the molecule is O=C(O)Cc1ccc(-c2ccc(OC(F)(F)F)cc2)c(=O)[nH]1. The lowest BCUT2D eigenvalue weighted by molar-refractivity contribution is -0.274. The van der Waals surface area contributed by atoms with Gasteiger partial charge in [-0.2, -0.15) is 0 Å². The van der Waals surface area contributed by atoms with Crippen LogP contribution in [0.15, 0.2) is 41.2 Å². The Hall–Kier alpha value is -2.77. The van der Waals surface area contributed by atoms with Crippen LogP contribution in [0.5, 0.6) is 5.75 Å². The highest BCUT2D eigenvalue weighted by atomic mass is 19.4. The second kappa shape index (κ2) is 5.92. The van der Waals surface area contributed by atoms with Gasteiger partial charge in [0.2, 0.25) is 0 Å². The molecule has 0 aliphatic carbocycles. The Morgan fingerprint density at radius 3 is 2.27 bits per heavy atom. The highest BCUT2D eigenvalue weighted by Crippen LogP contribution is 2.25. The van der Waals surface area contributed by atoms with Crippen molar-refractivity contribution in [2.24, 2.45) is 0 Å². The van der Waals surface area contributed by atoms with Gasteiger partial charge in [0.1, 0.15) is 5.75 Å². The minimum absolute atomic E-state index is 0.215. The van der Waals surface area contributed by atoms with E-state index in [0.29, 0.717) is 5.56 Å². The Kier molecular flexibility index (Phi) is 4.20. The Labute approximate surface area is 122 Å². The molecule has 2 N–H and O–H groups in total. The molecule has 0 fully saturated rings. The first kappa shape index (κ1) is 15.6. The summed E-state index contributed by atoms with van der Waals surface area (Å²) in [6, 6.07) is 7.65. The molecule has 22 heavy (non-hydrogen) atoms. The molecule has 0 saturated heterocycles. The maximum absolute atomic E-state index is 12.1. The zero-order valence-electron chi connectivity index (χ0n) is 11.0. The van der Waals surface area contributed by atoms with Gasteiger partial charge in [-0.25, -0.2) is 0 Å². The van der Waals surface area contributed by atoms with Crippen LogP contribution in [0, 0.1) is 0 Å². The van der Waals surface area contributed by atoms with E-state index in [1.165, 1.54) is 24.3 Å². The van der Waals surface area contributed by atoms with E-state index in [1.54, 1.807) is 0 Å². The van der Waals surface area contributed by atoms with Gasteiger partial charge < -0.3 is 14.8 Å². The van der Waals surface area contributed by atoms with E-state index < -0.39 is 23.6 Å². The number of nitrogens with one attached hydrogen (secondary N) is 1. The second-order valence-corrected chi connectivity index (χ2v) is 4.37. The van der Waals surface area contributed by atoms with Gasteiger partial charge in [0.15, 0.2) is 0 Å². The number of alkyl halides is 3. The molecule has 0 radical (unpaired) electrons. The van der Waals surface area contributed by atoms with Crippen LogP contribution >= 0.6 is 0 Å². The second-order valence-electron chi connectivity index (χ2n) is 4.37. The van der Waals surface area contributed by atoms with Gasteiger partial charge in [0.05, 0.1) is 6.42 Å². The van der Waals surface area contributed by atoms with Gasteiger partial charge in [-0.05, 0) is 29.8 Å². The molecule has 2 rings (SSSR count). The normalized spacial score (nSPS) is 11.2. The molecular weight excluding hydrogens is 303 g/mol. The highest BCUT2D eigenvalue weighted by molar-refractivity contribution is 5.70. The zero-order chi connectivity index (χ0) is 16.3. The average Bonchev–Trinajstić information content (AvgIpc) is 2.37. The topological polar surface area (TPSA) is 79.4 Å². The van der Waals surface area contributed by atoms with Crippen molar-refractivity contribution in [3.05, 3.63) is 52.4 Å². The maximum Gasteiger partial charge on any atom is 0.573 e. The predicted molar refractivity (Wildman–Crippen MR) is 70.5 cm³/mol. The molecule has 1 heterocycles. The third-order valence-electron chi connectivity index (χ3n) is 2.71. The van der Waals surface area contributed by atoms with Crippen molar-refractivity contribution >= 4 is 5.97 Å². The van der Waals surface area contributed by atoms with E-state index >= 15 is 0 Å². The van der Waals surface area contributed by atoms with Gasteiger partial charge in [-0.15, -0.1) is 13.2 Å². The molecule has 0 spiro atoms. The van der Waals surface area contributed by atoms with Crippen LogP contribution in [-0.2, 0) is 11.2 Å². The van der Waals surface area contributed by atoms with Gasteiger partial charge in [-0.3, -0.25) is 9.59 Å². The summed E-state index contributed by atoms with van der Waals surface area (Å²) < 4.78 is 39.9. The minimum Gasteiger partial charge on any atom is -0.481 e. The molecule has 0 aliphatic rings. The number of aromatic nitrogens is 1. The molecule has 0 unspecified atom stereocenters. The highest BCUT2D eigenvalue weighted by Gasteiger charge is 2.30. The van der Waals surface area contributed by atoms with E-state index in [4.69, 9.17) is 5.11 Å². The van der Waals surface area contributed by atoms with Crippen LogP contribution in [0.4, 0.5) is 13.2 Å². The lowest BCUT2D eigenvalue weighted by atomic mass is 10.1. The number of carbonyl (C=O) groups is 1. The number of hydrogen-bond donors (Lipinski definition) is 2. The molecular formula is C14H10F3NO4. The number of benzene rings is 1. The quantitative estimate of drug-likeness (QED) is 0.909. The molecule has 2 aromatic rings. The van der Waals surface area contributed by atoms with E-state index in [1.807, 2.05) is 0 Å². The molecule has 0 aliphatic heterocycles. The lowest BCUT2D eigenvalue weighted by Gasteiger charge is -2.09. The monoisotopic (exact) mass is 313 g/mol. The summed E-state index contributed by atoms with van der Waals surface area (Å²) >= 11 is 0. The standard InChI is InChI=1S/C14H10F3NO4/c15-14(16,17)22-10-4-1-8(2-5-10)11-6-3-9(7-12(19)20)18-13(11)21/h1-6H,7H2,(H,18,21)(H,19,20). The van der Waals surface area contributed by atoms with Crippen LogP contribution in [0.25, 0.3) is 11.1 Å². The third-order valence-corrected chi connectivity index (χ3v) is 2.71. The number of halogens is 3. The number of carboxylic acid groups (broad SMARTS) is 1. The zero-order valence-corrected chi connectivity index (χ0v) is 11.0. The summed E-state index contributed by atoms with van der Waals surface area (Å²) in [6.07, 6.45) is -5.11. The average molecular weight is 313 g/mol. The number of hydrogen-bond acceptors (Lipinski definition) is 3. The van der Waals surface area contributed by atoms with Crippen LogP contribution in [0.3, 0.4) is 0 Å². The molecule has 8 heteroatoms. The van der Waals surface area contributed by atoms with Crippen molar-refractivity contribution in [2.75, 3.05) is 0 Å². The number of pyridine rings is 1. The lowest BCUT2D eigenvalue weighted by Crippen LogP contribution is -2.17. The molecule has 116 valence electrons. The Morgan fingerprint density at radius 1 is 1.14 bits per heavy atom. The summed E-state index contributed by atoms with van der Waals surface area (Å²) in [5.74, 6) is -1.48. The largest absolute Gasteiger partial charge is 0.573 e. The molecule has 5 nitrogen and oxygen atoms in total. The van der Waals surface area contributed by atoms with E-state index in [2.05, 4.69) is 9.72 Å². The van der Waals surface area contributed by atoms with Crippen LogP contribution in [-0.4, -0.2) is 22.4 Å².